The van der Waals surface area contributed by atoms with Crippen LogP contribution < -0.4 is 5.73 Å². The molecule has 0 saturated heterocycles. The van der Waals surface area contributed by atoms with Crippen molar-refractivity contribution in [3.05, 3.63) is 53.9 Å². The highest BCUT2D eigenvalue weighted by Crippen LogP contribution is 2.24. The monoisotopic (exact) mass is 223 g/mol. The molecule has 3 heteroatoms. The standard InChI is InChI=1S/C14H13N3/c1-10-4-5-11(7-13(10)14(16)8-15)12-3-2-6-17-9-12/h2-7,9,14H,16H2,1H3. The van der Waals surface area contributed by atoms with Gasteiger partial charge in [0.2, 0.25) is 0 Å². The van der Waals surface area contributed by atoms with Crippen LogP contribution >= 0.6 is 0 Å². The summed E-state index contributed by atoms with van der Waals surface area (Å²) in [5.74, 6) is 0. The van der Waals surface area contributed by atoms with E-state index in [1.807, 2.05) is 37.3 Å². The number of nitriles is 1. The molecule has 0 aliphatic rings. The minimum Gasteiger partial charge on any atom is -0.312 e. The summed E-state index contributed by atoms with van der Waals surface area (Å²) in [6.07, 6.45) is 3.53. The fourth-order valence-electron chi connectivity index (χ4n) is 1.76. The van der Waals surface area contributed by atoms with E-state index in [4.69, 9.17) is 11.0 Å². The van der Waals surface area contributed by atoms with E-state index in [1.54, 1.807) is 12.4 Å². The molecule has 1 atom stereocenters. The summed E-state index contributed by atoms with van der Waals surface area (Å²) >= 11 is 0. The summed E-state index contributed by atoms with van der Waals surface area (Å²) in [7, 11) is 0. The molecular formula is C14H13N3. The average Bonchev–Trinajstić information content (AvgIpc) is 2.39. The van der Waals surface area contributed by atoms with Crippen molar-refractivity contribution in [1.29, 1.82) is 5.26 Å². The molecule has 84 valence electrons. The number of aryl methyl sites for hydroxylation is 1. The number of hydrogen-bond acceptors (Lipinski definition) is 3. The van der Waals surface area contributed by atoms with Gasteiger partial charge in [0.05, 0.1) is 6.07 Å². The van der Waals surface area contributed by atoms with Gasteiger partial charge in [-0.05, 0) is 41.3 Å². The van der Waals surface area contributed by atoms with Crippen molar-refractivity contribution >= 4 is 0 Å². The summed E-state index contributed by atoms with van der Waals surface area (Å²) in [4.78, 5) is 4.08. The molecule has 0 radical (unpaired) electrons. The predicted octanol–water partition coefficient (Wildman–Crippen LogP) is 2.58. The second-order valence-electron chi connectivity index (χ2n) is 3.92. The largest absolute Gasteiger partial charge is 0.312 e. The highest BCUT2D eigenvalue weighted by atomic mass is 14.6. The summed E-state index contributed by atoms with van der Waals surface area (Å²) in [6, 6.07) is 11.3. The molecule has 17 heavy (non-hydrogen) atoms. The molecule has 2 N–H and O–H groups in total. The SMILES string of the molecule is Cc1ccc(-c2cccnc2)cc1C(N)C#N. The van der Waals surface area contributed by atoms with E-state index >= 15 is 0 Å². The Morgan fingerprint density at radius 3 is 2.76 bits per heavy atom. The summed E-state index contributed by atoms with van der Waals surface area (Å²) in [5, 5.41) is 8.89. The molecule has 1 heterocycles. The van der Waals surface area contributed by atoms with Gasteiger partial charge in [-0.25, -0.2) is 0 Å². The van der Waals surface area contributed by atoms with Gasteiger partial charge in [0.15, 0.2) is 0 Å². The summed E-state index contributed by atoms with van der Waals surface area (Å²) in [6.45, 7) is 1.96. The van der Waals surface area contributed by atoms with Gasteiger partial charge in [0.25, 0.3) is 0 Å². The Morgan fingerprint density at radius 1 is 1.29 bits per heavy atom. The van der Waals surface area contributed by atoms with Gasteiger partial charge < -0.3 is 5.73 Å². The molecule has 1 unspecified atom stereocenters. The van der Waals surface area contributed by atoms with Crippen molar-refractivity contribution in [2.75, 3.05) is 0 Å². The van der Waals surface area contributed by atoms with E-state index in [-0.39, 0.29) is 0 Å². The maximum atomic E-state index is 8.89. The fraction of sp³-hybridized carbons (Fsp3) is 0.143. The second-order valence-corrected chi connectivity index (χ2v) is 3.92. The Bertz CT molecular complexity index is 555. The van der Waals surface area contributed by atoms with Crippen molar-refractivity contribution in [3.8, 4) is 17.2 Å². The number of pyridine rings is 1. The van der Waals surface area contributed by atoms with Gasteiger partial charge in [-0.15, -0.1) is 0 Å². The molecule has 0 aliphatic heterocycles. The normalized spacial score (nSPS) is 11.8. The Balaban J connectivity index is 2.49. The van der Waals surface area contributed by atoms with Crippen LogP contribution in [0.15, 0.2) is 42.7 Å². The lowest BCUT2D eigenvalue weighted by molar-refractivity contribution is 0.914. The van der Waals surface area contributed by atoms with E-state index in [9.17, 15) is 0 Å². The fourth-order valence-corrected chi connectivity index (χ4v) is 1.76. The van der Waals surface area contributed by atoms with Gasteiger partial charge in [-0.1, -0.05) is 18.2 Å². The zero-order chi connectivity index (χ0) is 12.3. The molecule has 0 amide bonds. The van der Waals surface area contributed by atoms with Gasteiger partial charge >= 0.3 is 0 Å². The second kappa shape index (κ2) is 4.77. The number of hydrogen-bond donors (Lipinski definition) is 1. The molecule has 0 spiro atoms. The summed E-state index contributed by atoms with van der Waals surface area (Å²) in [5.41, 5.74) is 9.73. The lowest BCUT2D eigenvalue weighted by atomic mass is 9.97. The lowest BCUT2D eigenvalue weighted by Crippen LogP contribution is -2.09. The van der Waals surface area contributed by atoms with E-state index in [0.29, 0.717) is 0 Å². The van der Waals surface area contributed by atoms with Crippen LogP contribution in [0.5, 0.6) is 0 Å². The van der Waals surface area contributed by atoms with Crippen LogP contribution in [0.3, 0.4) is 0 Å². The number of rotatable bonds is 2. The molecule has 2 aromatic rings. The van der Waals surface area contributed by atoms with E-state index < -0.39 is 6.04 Å². The maximum Gasteiger partial charge on any atom is 0.119 e. The van der Waals surface area contributed by atoms with Gasteiger partial charge in [-0.2, -0.15) is 5.26 Å². The van der Waals surface area contributed by atoms with E-state index in [2.05, 4.69) is 11.1 Å². The number of benzene rings is 1. The molecule has 0 bridgehead atoms. The third-order valence-electron chi connectivity index (χ3n) is 2.75. The van der Waals surface area contributed by atoms with Crippen LogP contribution in [0, 0.1) is 18.3 Å². The first-order chi connectivity index (χ1) is 8.22. The van der Waals surface area contributed by atoms with Crippen molar-refractivity contribution in [2.45, 2.75) is 13.0 Å². The Morgan fingerprint density at radius 2 is 2.12 bits per heavy atom. The van der Waals surface area contributed by atoms with Crippen LogP contribution in [-0.2, 0) is 0 Å². The molecule has 0 saturated carbocycles. The Hall–Kier alpha value is -2.18. The minimum absolute atomic E-state index is 0.577. The Labute approximate surface area is 101 Å². The van der Waals surface area contributed by atoms with Gasteiger partial charge in [0, 0.05) is 12.4 Å². The van der Waals surface area contributed by atoms with Crippen LogP contribution in [-0.4, -0.2) is 4.98 Å². The zero-order valence-electron chi connectivity index (χ0n) is 9.59. The molecule has 3 nitrogen and oxygen atoms in total. The smallest absolute Gasteiger partial charge is 0.119 e. The highest BCUT2D eigenvalue weighted by Gasteiger charge is 2.09. The third kappa shape index (κ3) is 2.32. The molecule has 0 fully saturated rings. The zero-order valence-corrected chi connectivity index (χ0v) is 9.59. The van der Waals surface area contributed by atoms with Crippen molar-refractivity contribution < 1.29 is 0 Å². The van der Waals surface area contributed by atoms with E-state index in [0.717, 1.165) is 22.3 Å². The molecular weight excluding hydrogens is 210 g/mol. The van der Waals surface area contributed by atoms with Crippen LogP contribution in [0.25, 0.3) is 11.1 Å². The first-order valence-electron chi connectivity index (χ1n) is 5.38. The van der Waals surface area contributed by atoms with Crippen LogP contribution in [0.2, 0.25) is 0 Å². The van der Waals surface area contributed by atoms with Gasteiger partial charge in [-0.3, -0.25) is 4.98 Å². The first kappa shape index (κ1) is 11.3. The predicted molar refractivity (Wildman–Crippen MR) is 67.0 cm³/mol. The quantitative estimate of drug-likeness (QED) is 0.851. The Kier molecular flexibility index (Phi) is 3.17. The highest BCUT2D eigenvalue weighted by molar-refractivity contribution is 5.64. The van der Waals surface area contributed by atoms with Crippen molar-refractivity contribution in [1.82, 2.24) is 4.98 Å². The van der Waals surface area contributed by atoms with Crippen molar-refractivity contribution in [2.24, 2.45) is 5.73 Å². The van der Waals surface area contributed by atoms with Gasteiger partial charge in [0.1, 0.15) is 6.04 Å². The molecule has 1 aromatic heterocycles. The summed E-state index contributed by atoms with van der Waals surface area (Å²) < 4.78 is 0. The third-order valence-corrected chi connectivity index (χ3v) is 2.75. The topological polar surface area (TPSA) is 62.7 Å². The van der Waals surface area contributed by atoms with Crippen LogP contribution in [0.1, 0.15) is 17.2 Å². The number of nitrogens with zero attached hydrogens (tertiary/aromatic N) is 2. The van der Waals surface area contributed by atoms with Crippen LogP contribution in [0.4, 0.5) is 0 Å². The average molecular weight is 223 g/mol. The number of aromatic nitrogens is 1. The lowest BCUT2D eigenvalue weighted by Gasteiger charge is -2.10. The maximum absolute atomic E-state index is 8.89. The molecule has 1 aromatic carbocycles. The molecule has 0 aliphatic carbocycles. The molecule has 2 rings (SSSR count). The first-order valence-corrected chi connectivity index (χ1v) is 5.38. The van der Waals surface area contributed by atoms with Crippen molar-refractivity contribution in [3.63, 3.8) is 0 Å². The number of nitrogens with two attached hydrogens (primary N) is 1. The minimum atomic E-state index is -0.577. The van der Waals surface area contributed by atoms with E-state index in [1.165, 1.54) is 0 Å².